The SMILES string of the molecule is CC1CCN(C2=NC(=O)C(=Cc3cccc([N+](=O)[O-])c3)S2)CC1. The number of nitro groups is 1. The van der Waals surface area contributed by atoms with Crippen molar-refractivity contribution in [1.29, 1.82) is 0 Å². The van der Waals surface area contributed by atoms with Crippen molar-refractivity contribution in [3.63, 3.8) is 0 Å². The van der Waals surface area contributed by atoms with Gasteiger partial charge in [0.05, 0.1) is 9.83 Å². The number of piperidine rings is 1. The van der Waals surface area contributed by atoms with Gasteiger partial charge in [-0.25, -0.2) is 0 Å². The molecule has 2 aliphatic heterocycles. The Morgan fingerprint density at radius 3 is 2.83 bits per heavy atom. The van der Waals surface area contributed by atoms with E-state index in [-0.39, 0.29) is 11.6 Å². The number of benzene rings is 1. The van der Waals surface area contributed by atoms with Crippen LogP contribution in [0.5, 0.6) is 0 Å². The van der Waals surface area contributed by atoms with Gasteiger partial charge in [-0.2, -0.15) is 4.99 Å². The van der Waals surface area contributed by atoms with Gasteiger partial charge in [-0.3, -0.25) is 14.9 Å². The largest absolute Gasteiger partial charge is 0.351 e. The van der Waals surface area contributed by atoms with Gasteiger partial charge >= 0.3 is 0 Å². The van der Waals surface area contributed by atoms with Crippen molar-refractivity contribution in [3.8, 4) is 0 Å². The van der Waals surface area contributed by atoms with E-state index in [2.05, 4.69) is 16.8 Å². The number of nitro benzene ring substituents is 1. The zero-order valence-electron chi connectivity index (χ0n) is 12.8. The van der Waals surface area contributed by atoms with Crippen LogP contribution in [0.15, 0.2) is 34.2 Å². The van der Waals surface area contributed by atoms with Crippen LogP contribution in [0.4, 0.5) is 5.69 Å². The van der Waals surface area contributed by atoms with Crippen molar-refractivity contribution in [2.75, 3.05) is 13.1 Å². The first-order valence-corrected chi connectivity index (χ1v) is 8.36. The molecule has 1 fully saturated rings. The van der Waals surface area contributed by atoms with Crippen LogP contribution in [-0.2, 0) is 4.79 Å². The molecule has 0 saturated carbocycles. The summed E-state index contributed by atoms with van der Waals surface area (Å²) in [5.74, 6) is 0.448. The summed E-state index contributed by atoms with van der Waals surface area (Å²) in [5.41, 5.74) is 0.653. The highest BCUT2D eigenvalue weighted by Gasteiger charge is 2.28. The second-order valence-corrected chi connectivity index (χ2v) is 6.84. The Labute approximate surface area is 138 Å². The van der Waals surface area contributed by atoms with Gasteiger partial charge in [-0.15, -0.1) is 0 Å². The van der Waals surface area contributed by atoms with Gasteiger partial charge in [-0.05, 0) is 42.2 Å². The molecule has 1 saturated heterocycles. The number of aliphatic imine (C=N–C) groups is 1. The van der Waals surface area contributed by atoms with Crippen molar-refractivity contribution >= 4 is 34.6 Å². The highest BCUT2D eigenvalue weighted by molar-refractivity contribution is 8.18. The van der Waals surface area contributed by atoms with E-state index in [4.69, 9.17) is 0 Å². The van der Waals surface area contributed by atoms with Crippen LogP contribution in [0.1, 0.15) is 25.3 Å². The van der Waals surface area contributed by atoms with Crippen molar-refractivity contribution in [2.45, 2.75) is 19.8 Å². The number of thioether (sulfide) groups is 1. The Hall–Kier alpha value is -2.15. The maximum atomic E-state index is 12.1. The number of amidine groups is 1. The van der Waals surface area contributed by atoms with E-state index in [1.807, 2.05) is 0 Å². The molecule has 0 spiro atoms. The first-order chi connectivity index (χ1) is 11.0. The van der Waals surface area contributed by atoms with Crippen molar-refractivity contribution in [2.24, 2.45) is 10.9 Å². The lowest BCUT2D eigenvalue weighted by Gasteiger charge is -2.30. The van der Waals surface area contributed by atoms with Crippen LogP contribution >= 0.6 is 11.8 Å². The normalized spacial score (nSPS) is 20.9. The summed E-state index contributed by atoms with van der Waals surface area (Å²) in [5, 5.41) is 11.6. The number of hydrogen-bond acceptors (Lipinski definition) is 5. The van der Waals surface area contributed by atoms with E-state index in [0.29, 0.717) is 16.4 Å². The van der Waals surface area contributed by atoms with Gasteiger partial charge in [0.1, 0.15) is 0 Å². The highest BCUT2D eigenvalue weighted by atomic mass is 32.2. The number of hydrogen-bond donors (Lipinski definition) is 0. The molecule has 0 bridgehead atoms. The average molecular weight is 331 g/mol. The molecule has 120 valence electrons. The molecule has 1 aromatic rings. The number of rotatable bonds is 2. The van der Waals surface area contributed by atoms with E-state index in [1.54, 1.807) is 18.2 Å². The summed E-state index contributed by atoms with van der Waals surface area (Å²) in [7, 11) is 0. The molecule has 0 aliphatic carbocycles. The number of likely N-dealkylation sites (tertiary alicyclic amines) is 1. The maximum absolute atomic E-state index is 12.1. The van der Waals surface area contributed by atoms with E-state index >= 15 is 0 Å². The fraction of sp³-hybridized carbons (Fsp3) is 0.375. The Kier molecular flexibility index (Phi) is 4.47. The average Bonchev–Trinajstić information content (AvgIpc) is 2.89. The molecule has 2 heterocycles. The molecular formula is C16H17N3O3S. The lowest BCUT2D eigenvalue weighted by molar-refractivity contribution is -0.384. The minimum absolute atomic E-state index is 0.0148. The van der Waals surface area contributed by atoms with Gasteiger partial charge in [0.2, 0.25) is 0 Å². The molecule has 6 nitrogen and oxygen atoms in total. The van der Waals surface area contributed by atoms with E-state index in [0.717, 1.165) is 31.1 Å². The zero-order valence-corrected chi connectivity index (χ0v) is 13.6. The lowest BCUT2D eigenvalue weighted by Crippen LogP contribution is -2.35. The molecule has 7 heteroatoms. The molecule has 2 aliphatic rings. The molecule has 0 N–H and O–H groups in total. The number of carbonyl (C=O) groups is 1. The quantitative estimate of drug-likeness (QED) is 0.472. The monoisotopic (exact) mass is 331 g/mol. The molecule has 0 atom stereocenters. The second-order valence-electron chi connectivity index (χ2n) is 5.83. The van der Waals surface area contributed by atoms with Crippen LogP contribution < -0.4 is 0 Å². The second kappa shape index (κ2) is 6.54. The maximum Gasteiger partial charge on any atom is 0.286 e. The fourth-order valence-corrected chi connectivity index (χ4v) is 3.58. The third-order valence-electron chi connectivity index (χ3n) is 4.04. The smallest absolute Gasteiger partial charge is 0.286 e. The predicted molar refractivity (Wildman–Crippen MR) is 91.1 cm³/mol. The number of carbonyl (C=O) groups excluding carboxylic acids is 1. The van der Waals surface area contributed by atoms with Crippen LogP contribution in [0.2, 0.25) is 0 Å². The molecule has 0 aromatic heterocycles. The van der Waals surface area contributed by atoms with Gasteiger partial charge in [0.25, 0.3) is 11.6 Å². The molecule has 3 rings (SSSR count). The summed E-state index contributed by atoms with van der Waals surface area (Å²) in [4.78, 5) is 29.3. The van der Waals surface area contributed by atoms with Crippen LogP contribution in [-0.4, -0.2) is 34.0 Å². The minimum atomic E-state index is -0.442. The number of non-ortho nitro benzene ring substituents is 1. The summed E-state index contributed by atoms with van der Waals surface area (Å²) in [6.07, 6.45) is 3.89. The first-order valence-electron chi connectivity index (χ1n) is 7.55. The van der Waals surface area contributed by atoms with Gasteiger partial charge in [0.15, 0.2) is 5.17 Å². The molecule has 23 heavy (non-hydrogen) atoms. The van der Waals surface area contributed by atoms with Gasteiger partial charge in [0, 0.05) is 25.2 Å². The predicted octanol–water partition coefficient (Wildman–Crippen LogP) is 3.30. The van der Waals surface area contributed by atoms with Crippen LogP contribution in [0.3, 0.4) is 0 Å². The fourth-order valence-electron chi connectivity index (χ4n) is 2.61. The Bertz CT molecular complexity index is 706. The number of amides is 1. The number of nitrogens with zero attached hydrogens (tertiary/aromatic N) is 3. The van der Waals surface area contributed by atoms with Gasteiger partial charge < -0.3 is 4.90 Å². The Morgan fingerprint density at radius 2 is 2.13 bits per heavy atom. The Balaban J connectivity index is 1.74. The third kappa shape index (κ3) is 3.61. The van der Waals surface area contributed by atoms with Crippen molar-refractivity contribution in [1.82, 2.24) is 4.90 Å². The molecule has 0 unspecified atom stereocenters. The summed E-state index contributed by atoms with van der Waals surface area (Å²) in [6, 6.07) is 6.25. The first kappa shape index (κ1) is 15.7. The third-order valence-corrected chi connectivity index (χ3v) is 5.09. The van der Waals surface area contributed by atoms with E-state index < -0.39 is 4.92 Å². The van der Waals surface area contributed by atoms with Crippen LogP contribution in [0.25, 0.3) is 6.08 Å². The summed E-state index contributed by atoms with van der Waals surface area (Å²) >= 11 is 1.35. The minimum Gasteiger partial charge on any atom is -0.351 e. The summed E-state index contributed by atoms with van der Waals surface area (Å²) in [6.45, 7) is 4.08. The molecular weight excluding hydrogens is 314 g/mol. The van der Waals surface area contributed by atoms with E-state index in [1.165, 1.54) is 23.9 Å². The van der Waals surface area contributed by atoms with E-state index in [9.17, 15) is 14.9 Å². The standard InChI is InChI=1S/C16H17N3O3S/c1-11-5-7-18(8-6-11)16-17-15(20)14(23-16)10-12-3-2-4-13(9-12)19(21)22/h2-4,9-11H,5-8H2,1H3. The zero-order chi connectivity index (χ0) is 16.4. The molecule has 1 aromatic carbocycles. The Morgan fingerprint density at radius 1 is 1.39 bits per heavy atom. The van der Waals surface area contributed by atoms with Crippen molar-refractivity contribution in [3.05, 3.63) is 44.8 Å². The van der Waals surface area contributed by atoms with Crippen LogP contribution in [0, 0.1) is 16.0 Å². The molecule has 0 radical (unpaired) electrons. The summed E-state index contributed by atoms with van der Waals surface area (Å²) < 4.78 is 0. The van der Waals surface area contributed by atoms with Crippen molar-refractivity contribution < 1.29 is 9.72 Å². The molecule has 1 amide bonds. The van der Waals surface area contributed by atoms with Gasteiger partial charge in [-0.1, -0.05) is 19.1 Å². The highest BCUT2D eigenvalue weighted by Crippen LogP contribution is 2.32. The lowest BCUT2D eigenvalue weighted by atomic mass is 10.00. The topological polar surface area (TPSA) is 75.8 Å².